The number of rotatable bonds is 7. The zero-order valence-corrected chi connectivity index (χ0v) is 15.7. The minimum Gasteiger partial charge on any atom is -0.360 e. The van der Waals surface area contributed by atoms with E-state index < -0.39 is 5.25 Å². The van der Waals surface area contributed by atoms with Gasteiger partial charge in [-0.3, -0.25) is 9.59 Å². The van der Waals surface area contributed by atoms with Gasteiger partial charge in [-0.15, -0.1) is 11.8 Å². The van der Waals surface area contributed by atoms with Gasteiger partial charge < -0.3 is 19.7 Å². The molecule has 0 aliphatic rings. The van der Waals surface area contributed by atoms with Crippen molar-refractivity contribution in [2.45, 2.75) is 19.1 Å². The highest BCUT2D eigenvalue weighted by Crippen LogP contribution is 2.16. The van der Waals surface area contributed by atoms with Crippen molar-refractivity contribution in [2.75, 3.05) is 16.4 Å². The first kappa shape index (κ1) is 18.7. The normalized spacial score (nSPS) is 11.8. The molecule has 0 aliphatic heterocycles. The van der Waals surface area contributed by atoms with Crippen LogP contribution in [-0.4, -0.2) is 37.5 Å². The van der Waals surface area contributed by atoms with Gasteiger partial charge >= 0.3 is 0 Å². The highest BCUT2D eigenvalue weighted by atomic mass is 32.2. The Labute approximate surface area is 160 Å². The Balaban J connectivity index is 1.45. The number of amides is 2. The van der Waals surface area contributed by atoms with E-state index in [1.807, 2.05) is 35.0 Å². The summed E-state index contributed by atoms with van der Waals surface area (Å²) in [5.74, 6) is 0.741. The van der Waals surface area contributed by atoms with Crippen LogP contribution in [-0.2, 0) is 9.59 Å². The van der Waals surface area contributed by atoms with Crippen molar-refractivity contribution in [3.8, 4) is 5.69 Å². The molecule has 2 amide bonds. The Morgan fingerprint density at radius 2 is 2.04 bits per heavy atom. The van der Waals surface area contributed by atoms with E-state index in [1.54, 1.807) is 32.4 Å². The first-order valence-corrected chi connectivity index (χ1v) is 9.30. The molecule has 3 rings (SSSR count). The summed E-state index contributed by atoms with van der Waals surface area (Å²) in [4.78, 5) is 28.2. The van der Waals surface area contributed by atoms with E-state index in [1.165, 1.54) is 11.8 Å². The largest absolute Gasteiger partial charge is 0.360 e. The molecule has 0 fully saturated rings. The van der Waals surface area contributed by atoms with Crippen LogP contribution < -0.4 is 10.6 Å². The Bertz CT molecular complexity index is 905. The summed E-state index contributed by atoms with van der Waals surface area (Å²) in [6, 6.07) is 9.05. The summed E-state index contributed by atoms with van der Waals surface area (Å²) in [5.41, 5.74) is 1.65. The molecular formula is C18H19N5O3S. The molecule has 3 aromatic rings. The predicted octanol–water partition coefficient (Wildman–Crippen LogP) is 2.87. The van der Waals surface area contributed by atoms with Gasteiger partial charge in [-0.25, -0.2) is 4.98 Å². The number of anilines is 2. The molecule has 1 unspecified atom stereocenters. The number of nitrogens with one attached hydrogen (secondary N) is 2. The molecule has 2 heterocycles. The van der Waals surface area contributed by atoms with Crippen LogP contribution in [0.25, 0.3) is 5.69 Å². The van der Waals surface area contributed by atoms with E-state index in [4.69, 9.17) is 4.52 Å². The average molecular weight is 385 g/mol. The second-order valence-electron chi connectivity index (χ2n) is 5.83. The molecular weight excluding hydrogens is 366 g/mol. The van der Waals surface area contributed by atoms with Crippen LogP contribution in [0.2, 0.25) is 0 Å². The van der Waals surface area contributed by atoms with E-state index in [0.29, 0.717) is 17.3 Å². The van der Waals surface area contributed by atoms with Crippen LogP contribution in [0.15, 0.2) is 53.6 Å². The average Bonchev–Trinajstić information content (AvgIpc) is 3.32. The molecule has 9 heteroatoms. The highest BCUT2D eigenvalue weighted by Gasteiger charge is 2.17. The minimum absolute atomic E-state index is 0.162. The van der Waals surface area contributed by atoms with Gasteiger partial charge in [-0.05, 0) is 38.1 Å². The smallest absolute Gasteiger partial charge is 0.238 e. The quantitative estimate of drug-likeness (QED) is 0.648. The van der Waals surface area contributed by atoms with E-state index >= 15 is 0 Å². The molecule has 0 saturated carbocycles. The SMILES string of the molecule is Cc1cc(NC(=O)C(C)SCC(=O)Nc2ccc(-n3ccnc3)cc2)no1. The Morgan fingerprint density at radius 1 is 1.26 bits per heavy atom. The van der Waals surface area contributed by atoms with Crippen molar-refractivity contribution >= 4 is 35.1 Å². The third kappa shape index (κ3) is 5.20. The van der Waals surface area contributed by atoms with Crippen molar-refractivity contribution in [1.29, 1.82) is 0 Å². The van der Waals surface area contributed by atoms with Crippen LogP contribution in [0.1, 0.15) is 12.7 Å². The zero-order chi connectivity index (χ0) is 19.2. The number of hydrogen-bond donors (Lipinski definition) is 2. The minimum atomic E-state index is -0.406. The van der Waals surface area contributed by atoms with Crippen molar-refractivity contribution in [3.63, 3.8) is 0 Å². The summed E-state index contributed by atoms with van der Waals surface area (Å²) in [6.45, 7) is 3.48. The van der Waals surface area contributed by atoms with Gasteiger partial charge in [0.25, 0.3) is 0 Å². The van der Waals surface area contributed by atoms with Gasteiger partial charge in [0.1, 0.15) is 5.76 Å². The van der Waals surface area contributed by atoms with Gasteiger partial charge in [-0.1, -0.05) is 5.16 Å². The maximum absolute atomic E-state index is 12.1. The summed E-state index contributed by atoms with van der Waals surface area (Å²) in [7, 11) is 0. The number of thioether (sulfide) groups is 1. The van der Waals surface area contributed by atoms with E-state index in [-0.39, 0.29) is 17.6 Å². The van der Waals surface area contributed by atoms with Gasteiger partial charge in [0.05, 0.1) is 17.3 Å². The molecule has 0 saturated heterocycles. The predicted molar refractivity (Wildman–Crippen MR) is 104 cm³/mol. The van der Waals surface area contributed by atoms with Crippen molar-refractivity contribution < 1.29 is 14.1 Å². The topological polar surface area (TPSA) is 102 Å². The molecule has 1 atom stereocenters. The molecule has 1 aromatic carbocycles. The van der Waals surface area contributed by atoms with Crippen molar-refractivity contribution in [2.24, 2.45) is 0 Å². The summed E-state index contributed by atoms with van der Waals surface area (Å²) in [6.07, 6.45) is 5.25. The number of aromatic nitrogens is 3. The molecule has 0 aliphatic carbocycles. The van der Waals surface area contributed by atoms with Gasteiger partial charge in [0.15, 0.2) is 5.82 Å². The third-order valence-corrected chi connectivity index (χ3v) is 4.81. The van der Waals surface area contributed by atoms with Crippen LogP contribution in [0.4, 0.5) is 11.5 Å². The number of benzene rings is 1. The number of aryl methyl sites for hydroxylation is 1. The molecule has 2 aromatic heterocycles. The summed E-state index contributed by atoms with van der Waals surface area (Å²) in [5, 5.41) is 8.78. The molecule has 0 bridgehead atoms. The lowest BCUT2D eigenvalue weighted by Crippen LogP contribution is -2.25. The number of carbonyl (C=O) groups excluding carboxylic acids is 2. The lowest BCUT2D eigenvalue weighted by molar-refractivity contribution is -0.115. The molecule has 0 radical (unpaired) electrons. The second kappa shape index (κ2) is 8.54. The number of imidazole rings is 1. The lowest BCUT2D eigenvalue weighted by atomic mass is 10.3. The molecule has 8 nitrogen and oxygen atoms in total. The first-order valence-electron chi connectivity index (χ1n) is 8.25. The monoisotopic (exact) mass is 385 g/mol. The third-order valence-electron chi connectivity index (χ3n) is 3.67. The Kier molecular flexibility index (Phi) is 5.92. The molecule has 0 spiro atoms. The van der Waals surface area contributed by atoms with Gasteiger partial charge in [0, 0.05) is 29.8 Å². The van der Waals surface area contributed by atoms with E-state index in [9.17, 15) is 9.59 Å². The van der Waals surface area contributed by atoms with Crippen LogP contribution in [0, 0.1) is 6.92 Å². The fourth-order valence-corrected chi connectivity index (χ4v) is 2.94. The van der Waals surface area contributed by atoms with Gasteiger partial charge in [0.2, 0.25) is 11.8 Å². The number of hydrogen-bond acceptors (Lipinski definition) is 6. The molecule has 27 heavy (non-hydrogen) atoms. The van der Waals surface area contributed by atoms with Gasteiger partial charge in [-0.2, -0.15) is 0 Å². The van der Waals surface area contributed by atoms with Crippen LogP contribution in [0.5, 0.6) is 0 Å². The molecule has 2 N–H and O–H groups in total. The highest BCUT2D eigenvalue weighted by molar-refractivity contribution is 8.01. The maximum Gasteiger partial charge on any atom is 0.238 e. The van der Waals surface area contributed by atoms with Crippen molar-refractivity contribution in [1.82, 2.24) is 14.7 Å². The standard InChI is InChI=1S/C18H19N5O3S/c1-12-9-16(22-26-12)21-18(25)13(2)27-10-17(24)20-14-3-5-15(6-4-14)23-8-7-19-11-23/h3-9,11,13H,10H2,1-2H3,(H,20,24)(H,21,22,25). The Hall–Kier alpha value is -3.07. The number of carbonyl (C=O) groups is 2. The number of nitrogens with zero attached hydrogens (tertiary/aromatic N) is 3. The summed E-state index contributed by atoms with van der Waals surface area (Å²) < 4.78 is 6.77. The van der Waals surface area contributed by atoms with E-state index in [2.05, 4.69) is 20.8 Å². The van der Waals surface area contributed by atoms with E-state index in [0.717, 1.165) is 5.69 Å². The second-order valence-corrected chi connectivity index (χ2v) is 7.16. The summed E-state index contributed by atoms with van der Waals surface area (Å²) >= 11 is 1.24. The van der Waals surface area contributed by atoms with Crippen LogP contribution >= 0.6 is 11.8 Å². The Morgan fingerprint density at radius 3 is 2.67 bits per heavy atom. The fraction of sp³-hybridized carbons (Fsp3) is 0.222. The molecule has 140 valence electrons. The zero-order valence-electron chi connectivity index (χ0n) is 14.9. The first-order chi connectivity index (χ1) is 13.0. The van der Waals surface area contributed by atoms with Crippen molar-refractivity contribution in [3.05, 3.63) is 54.8 Å². The van der Waals surface area contributed by atoms with Crippen LogP contribution in [0.3, 0.4) is 0 Å². The fourth-order valence-electron chi connectivity index (χ4n) is 2.26. The maximum atomic E-state index is 12.1. The lowest BCUT2D eigenvalue weighted by Gasteiger charge is -2.11.